The maximum absolute atomic E-state index is 13.2. The van der Waals surface area contributed by atoms with Gasteiger partial charge in [-0.25, -0.2) is 17.8 Å². The van der Waals surface area contributed by atoms with Crippen LogP contribution in [0, 0.1) is 11.7 Å². The van der Waals surface area contributed by atoms with Crippen molar-refractivity contribution in [3.05, 3.63) is 52.4 Å². The molecule has 0 spiro atoms. The number of halogens is 2. The van der Waals surface area contributed by atoms with E-state index < -0.39 is 27.6 Å². The van der Waals surface area contributed by atoms with Gasteiger partial charge in [-0.15, -0.1) is 0 Å². The topological polar surface area (TPSA) is 120 Å². The van der Waals surface area contributed by atoms with Crippen molar-refractivity contribution in [2.75, 3.05) is 41.8 Å². The van der Waals surface area contributed by atoms with Gasteiger partial charge in [-0.2, -0.15) is 0 Å². The fourth-order valence-electron chi connectivity index (χ4n) is 5.08. The van der Waals surface area contributed by atoms with Crippen LogP contribution in [0.5, 0.6) is 0 Å². The maximum atomic E-state index is 13.2. The number of likely N-dealkylation sites (tertiary alicyclic amines) is 1. The first-order valence-corrected chi connectivity index (χ1v) is 15.7. The number of nitrogens with zero attached hydrogens (tertiary/aromatic N) is 4. The molecule has 2 aliphatic rings. The number of piperidine rings is 1. The summed E-state index contributed by atoms with van der Waals surface area (Å²) in [6.07, 6.45) is 3.20. The lowest BCUT2D eigenvalue weighted by molar-refractivity contribution is -0.128. The van der Waals surface area contributed by atoms with Gasteiger partial charge < -0.3 is 15.1 Å². The van der Waals surface area contributed by atoms with Gasteiger partial charge in [0, 0.05) is 51.0 Å². The number of ketones is 1. The summed E-state index contributed by atoms with van der Waals surface area (Å²) in [6, 6.07) is 6.67. The maximum Gasteiger partial charge on any atom is 0.253 e. The summed E-state index contributed by atoms with van der Waals surface area (Å²) in [5, 5.41) is 2.86. The average Bonchev–Trinajstić information content (AvgIpc) is 3.36. The Labute approximate surface area is 244 Å². The standard InChI is InChI=1S/C28H35ClFN5O5S/c1-3-5-25(36)22-16-23(29)27(32-24(22)17-35-13-4-6-26(35)37)34-14-11-19(12-15-34)28(38)31-18-41(39,40)33(2)21-9-7-20(30)8-10-21/h7-10,16,19H,3-6,11-15,17-18H2,1-2H3,(H,31,38). The van der Waals surface area contributed by atoms with E-state index in [9.17, 15) is 27.2 Å². The normalized spacial score (nSPS) is 16.2. The molecule has 0 aliphatic carbocycles. The van der Waals surface area contributed by atoms with Crippen molar-refractivity contribution in [2.45, 2.75) is 52.0 Å². The molecule has 222 valence electrons. The molecule has 4 rings (SSSR count). The molecule has 1 N–H and O–H groups in total. The van der Waals surface area contributed by atoms with Crippen molar-refractivity contribution in [3.63, 3.8) is 0 Å². The van der Waals surface area contributed by atoms with E-state index in [0.29, 0.717) is 73.8 Å². The van der Waals surface area contributed by atoms with Gasteiger partial charge in [0.1, 0.15) is 17.5 Å². The van der Waals surface area contributed by atoms with Crippen LogP contribution in [0.1, 0.15) is 61.5 Å². The van der Waals surface area contributed by atoms with Gasteiger partial charge in [-0.1, -0.05) is 18.5 Å². The molecule has 0 atom stereocenters. The van der Waals surface area contributed by atoms with Gasteiger partial charge in [-0.3, -0.25) is 18.7 Å². The van der Waals surface area contributed by atoms with Gasteiger partial charge in [0.2, 0.25) is 11.8 Å². The molecule has 3 heterocycles. The van der Waals surface area contributed by atoms with Crippen LogP contribution in [0.4, 0.5) is 15.9 Å². The number of pyridine rings is 1. The summed E-state index contributed by atoms with van der Waals surface area (Å²) < 4.78 is 39.6. The Balaban J connectivity index is 1.40. The Kier molecular flexibility index (Phi) is 9.85. The van der Waals surface area contributed by atoms with E-state index in [0.717, 1.165) is 10.7 Å². The second-order valence-electron chi connectivity index (χ2n) is 10.4. The first kappa shape index (κ1) is 30.7. The lowest BCUT2D eigenvalue weighted by Crippen LogP contribution is -2.44. The fraction of sp³-hybridized carbons (Fsp3) is 0.500. The van der Waals surface area contributed by atoms with Gasteiger partial charge >= 0.3 is 0 Å². The number of nitrogens with one attached hydrogen (secondary N) is 1. The number of sulfonamides is 1. The van der Waals surface area contributed by atoms with Gasteiger partial charge in [0.25, 0.3) is 10.0 Å². The number of anilines is 2. The van der Waals surface area contributed by atoms with E-state index in [4.69, 9.17) is 16.6 Å². The van der Waals surface area contributed by atoms with Gasteiger partial charge in [0.05, 0.1) is 22.9 Å². The Hall–Kier alpha value is -3.25. The molecule has 0 radical (unpaired) electrons. The number of benzene rings is 1. The zero-order valence-corrected chi connectivity index (χ0v) is 24.8. The number of hydrogen-bond acceptors (Lipinski definition) is 7. The number of hydrogen-bond donors (Lipinski definition) is 1. The van der Waals surface area contributed by atoms with E-state index in [1.165, 1.54) is 31.3 Å². The number of rotatable bonds is 11. The minimum Gasteiger partial charge on any atom is -0.355 e. The molecule has 2 fully saturated rings. The SMILES string of the molecule is CCCC(=O)c1cc(Cl)c(N2CCC(C(=O)NCS(=O)(=O)N(C)c3ccc(F)cc3)CC2)nc1CN1CCCC1=O. The van der Waals surface area contributed by atoms with Crippen LogP contribution >= 0.6 is 11.6 Å². The lowest BCUT2D eigenvalue weighted by Gasteiger charge is -2.33. The highest BCUT2D eigenvalue weighted by Gasteiger charge is 2.30. The number of carbonyl (C=O) groups is 3. The Morgan fingerprint density at radius 1 is 1.17 bits per heavy atom. The van der Waals surface area contributed by atoms with Crippen molar-refractivity contribution in [2.24, 2.45) is 5.92 Å². The van der Waals surface area contributed by atoms with Crippen LogP contribution in [0.25, 0.3) is 0 Å². The predicted octanol–water partition coefficient (Wildman–Crippen LogP) is 3.74. The summed E-state index contributed by atoms with van der Waals surface area (Å²) >= 11 is 6.60. The molecule has 13 heteroatoms. The zero-order valence-electron chi connectivity index (χ0n) is 23.2. The molecule has 2 amide bonds. The highest BCUT2D eigenvalue weighted by atomic mass is 35.5. The predicted molar refractivity (Wildman–Crippen MR) is 155 cm³/mol. The van der Waals surface area contributed by atoms with E-state index in [1.807, 2.05) is 11.8 Å². The van der Waals surface area contributed by atoms with Crippen molar-refractivity contribution in [1.82, 2.24) is 15.2 Å². The second kappa shape index (κ2) is 13.2. The molecule has 0 saturated carbocycles. The van der Waals surface area contributed by atoms with Crippen LogP contribution in [-0.2, 0) is 26.2 Å². The molecule has 2 saturated heterocycles. The minimum absolute atomic E-state index is 0.0369. The van der Waals surface area contributed by atoms with Crippen LogP contribution in [0.2, 0.25) is 5.02 Å². The van der Waals surface area contributed by atoms with Crippen molar-refractivity contribution in [3.8, 4) is 0 Å². The highest BCUT2D eigenvalue weighted by molar-refractivity contribution is 7.92. The number of aromatic nitrogens is 1. The molecule has 41 heavy (non-hydrogen) atoms. The highest BCUT2D eigenvalue weighted by Crippen LogP contribution is 2.31. The van der Waals surface area contributed by atoms with Crippen LogP contribution in [0.15, 0.2) is 30.3 Å². The average molecular weight is 608 g/mol. The summed E-state index contributed by atoms with van der Waals surface area (Å²) in [5.74, 6) is -1.35. The Morgan fingerprint density at radius 3 is 2.46 bits per heavy atom. The largest absolute Gasteiger partial charge is 0.355 e. The monoisotopic (exact) mass is 607 g/mol. The van der Waals surface area contributed by atoms with Crippen molar-refractivity contribution >= 4 is 50.7 Å². The van der Waals surface area contributed by atoms with Gasteiger partial charge in [0.15, 0.2) is 5.78 Å². The first-order valence-electron chi connectivity index (χ1n) is 13.8. The first-order chi connectivity index (χ1) is 19.5. The third-order valence-electron chi connectivity index (χ3n) is 7.53. The quantitative estimate of drug-likeness (QED) is 0.387. The van der Waals surface area contributed by atoms with Crippen LogP contribution in [0.3, 0.4) is 0 Å². The van der Waals surface area contributed by atoms with E-state index in [-0.39, 0.29) is 29.8 Å². The molecule has 10 nitrogen and oxygen atoms in total. The molecule has 1 aromatic carbocycles. The second-order valence-corrected chi connectivity index (χ2v) is 12.8. The van der Waals surface area contributed by atoms with Gasteiger partial charge in [-0.05, 0) is 56.0 Å². The number of carbonyl (C=O) groups excluding carboxylic acids is 3. The van der Waals surface area contributed by atoms with Crippen LogP contribution < -0.4 is 14.5 Å². The Bertz CT molecular complexity index is 1400. The number of Topliss-reactive ketones (excluding diaryl/α,β-unsaturated/α-hetero) is 1. The molecular weight excluding hydrogens is 573 g/mol. The summed E-state index contributed by atoms with van der Waals surface area (Å²) in [5.41, 5.74) is 1.24. The molecule has 2 aromatic rings. The fourth-order valence-corrected chi connectivity index (χ4v) is 6.31. The molecule has 1 aromatic heterocycles. The molecule has 2 aliphatic heterocycles. The summed E-state index contributed by atoms with van der Waals surface area (Å²) in [7, 11) is -2.52. The van der Waals surface area contributed by atoms with Crippen LogP contribution in [-0.4, -0.2) is 68.5 Å². The third-order valence-corrected chi connectivity index (χ3v) is 9.36. The molecule has 0 unspecified atom stereocenters. The summed E-state index contributed by atoms with van der Waals surface area (Å²) in [6.45, 7) is 3.70. The molecule has 0 bridgehead atoms. The van der Waals surface area contributed by atoms with Crippen molar-refractivity contribution < 1.29 is 27.2 Å². The smallest absolute Gasteiger partial charge is 0.253 e. The van der Waals surface area contributed by atoms with E-state index >= 15 is 0 Å². The van der Waals surface area contributed by atoms with E-state index in [1.54, 1.807) is 11.0 Å². The summed E-state index contributed by atoms with van der Waals surface area (Å²) in [4.78, 5) is 46.3. The third kappa shape index (κ3) is 7.34. The number of amides is 2. The van der Waals surface area contributed by atoms with Crippen molar-refractivity contribution in [1.29, 1.82) is 0 Å². The lowest BCUT2D eigenvalue weighted by atomic mass is 9.96. The molecular formula is C28H35ClFN5O5S. The Morgan fingerprint density at radius 2 is 1.85 bits per heavy atom. The zero-order chi connectivity index (χ0) is 29.7. The minimum atomic E-state index is -3.87. The van der Waals surface area contributed by atoms with E-state index in [2.05, 4.69) is 5.32 Å².